The molecule has 0 aliphatic heterocycles. The van der Waals surface area contributed by atoms with Crippen molar-refractivity contribution in [2.75, 3.05) is 13.1 Å². The van der Waals surface area contributed by atoms with Gasteiger partial charge in [-0.05, 0) is 53.8 Å². The maximum Gasteiger partial charge on any atom is 0.191 e. The van der Waals surface area contributed by atoms with Gasteiger partial charge in [-0.1, -0.05) is 18.2 Å². The number of rotatable bonds is 7. The summed E-state index contributed by atoms with van der Waals surface area (Å²) in [6.45, 7) is 4.60. The molecule has 0 saturated heterocycles. The number of thiophene rings is 1. The number of hydrogen-bond donors (Lipinski definition) is 3. The molecule has 2 heterocycles. The van der Waals surface area contributed by atoms with Crippen LogP contribution in [-0.2, 0) is 13.0 Å². The van der Waals surface area contributed by atoms with Crippen LogP contribution < -0.4 is 10.6 Å². The van der Waals surface area contributed by atoms with E-state index in [1.807, 2.05) is 0 Å². The van der Waals surface area contributed by atoms with Gasteiger partial charge < -0.3 is 15.6 Å². The highest BCUT2D eigenvalue weighted by Crippen LogP contribution is 2.18. The van der Waals surface area contributed by atoms with E-state index in [1.165, 1.54) is 22.0 Å². The van der Waals surface area contributed by atoms with Crippen LogP contribution in [0, 0.1) is 0 Å². The summed E-state index contributed by atoms with van der Waals surface area (Å²) in [5.74, 6) is 0.891. The number of nitrogens with zero attached hydrogens (tertiary/aromatic N) is 1. The molecule has 0 aliphatic carbocycles. The third-order valence-electron chi connectivity index (χ3n) is 3.93. The number of aliphatic imine (C=N–C) groups is 1. The largest absolute Gasteiger partial charge is 0.361 e. The molecule has 1 aromatic carbocycles. The van der Waals surface area contributed by atoms with Gasteiger partial charge in [-0.2, -0.15) is 11.3 Å². The number of aromatic nitrogens is 1. The third kappa shape index (κ3) is 5.74. The van der Waals surface area contributed by atoms with Gasteiger partial charge in [0.2, 0.25) is 0 Å². The summed E-state index contributed by atoms with van der Waals surface area (Å²) < 4.78 is 0. The SMILES string of the molecule is CCNC(=NCc1ccsc1)NCCCc1c[nH]c2ccccc12.I. The summed E-state index contributed by atoms with van der Waals surface area (Å²) in [4.78, 5) is 7.97. The smallest absolute Gasteiger partial charge is 0.191 e. The first-order valence-corrected chi connectivity index (χ1v) is 9.39. The molecule has 0 fully saturated rings. The first kappa shape index (κ1) is 19.8. The molecule has 134 valence electrons. The molecule has 0 saturated carbocycles. The second kappa shape index (κ2) is 10.5. The first-order valence-electron chi connectivity index (χ1n) is 8.45. The van der Waals surface area contributed by atoms with Gasteiger partial charge in [0.15, 0.2) is 5.96 Å². The Morgan fingerprint density at radius 1 is 1.20 bits per heavy atom. The van der Waals surface area contributed by atoms with Gasteiger partial charge in [0.05, 0.1) is 6.54 Å². The van der Waals surface area contributed by atoms with Crippen LogP contribution in [0.25, 0.3) is 10.9 Å². The highest BCUT2D eigenvalue weighted by Gasteiger charge is 2.03. The van der Waals surface area contributed by atoms with E-state index < -0.39 is 0 Å². The van der Waals surface area contributed by atoms with Crippen LogP contribution in [0.3, 0.4) is 0 Å². The Morgan fingerprint density at radius 2 is 2.08 bits per heavy atom. The highest BCUT2D eigenvalue weighted by molar-refractivity contribution is 14.0. The van der Waals surface area contributed by atoms with Crippen LogP contribution in [0.1, 0.15) is 24.5 Å². The Kier molecular flexibility index (Phi) is 8.27. The molecule has 0 atom stereocenters. The zero-order valence-corrected chi connectivity index (χ0v) is 17.6. The Bertz CT molecular complexity index is 780. The minimum absolute atomic E-state index is 0. The summed E-state index contributed by atoms with van der Waals surface area (Å²) in [6.07, 6.45) is 4.26. The molecule has 6 heteroatoms. The molecular formula is C19H25IN4S. The van der Waals surface area contributed by atoms with Gasteiger partial charge in [-0.25, -0.2) is 4.99 Å². The Balaban J connectivity index is 0.00000225. The van der Waals surface area contributed by atoms with E-state index in [4.69, 9.17) is 0 Å². The number of halogens is 1. The van der Waals surface area contributed by atoms with E-state index in [0.717, 1.165) is 38.4 Å². The van der Waals surface area contributed by atoms with Crippen molar-refractivity contribution in [3.8, 4) is 0 Å². The molecule has 25 heavy (non-hydrogen) atoms. The van der Waals surface area contributed by atoms with Crippen molar-refractivity contribution in [3.05, 3.63) is 58.4 Å². The van der Waals surface area contributed by atoms with E-state index in [1.54, 1.807) is 11.3 Å². The number of aromatic amines is 1. The van der Waals surface area contributed by atoms with Crippen LogP contribution in [-0.4, -0.2) is 24.0 Å². The van der Waals surface area contributed by atoms with Crippen LogP contribution in [0.4, 0.5) is 0 Å². The number of H-pyrrole nitrogens is 1. The molecule has 0 amide bonds. The molecule has 3 aromatic rings. The van der Waals surface area contributed by atoms with E-state index >= 15 is 0 Å². The van der Waals surface area contributed by atoms with E-state index in [0.29, 0.717) is 0 Å². The van der Waals surface area contributed by atoms with Gasteiger partial charge in [-0.3, -0.25) is 0 Å². The van der Waals surface area contributed by atoms with Gasteiger partial charge in [0.25, 0.3) is 0 Å². The number of nitrogens with one attached hydrogen (secondary N) is 3. The zero-order chi connectivity index (χ0) is 16.6. The topological polar surface area (TPSA) is 52.2 Å². The van der Waals surface area contributed by atoms with Crippen molar-refractivity contribution in [2.24, 2.45) is 4.99 Å². The van der Waals surface area contributed by atoms with Gasteiger partial charge in [-0.15, -0.1) is 24.0 Å². The minimum atomic E-state index is 0. The number of aryl methyl sites for hydroxylation is 1. The van der Waals surface area contributed by atoms with E-state index in [-0.39, 0.29) is 24.0 Å². The summed E-state index contributed by atoms with van der Waals surface area (Å²) in [5.41, 5.74) is 3.86. The Morgan fingerprint density at radius 3 is 2.88 bits per heavy atom. The average molecular weight is 468 g/mol. The Hall–Kier alpha value is -1.54. The molecule has 0 radical (unpaired) electrons. The Labute approximate surface area is 170 Å². The van der Waals surface area contributed by atoms with Gasteiger partial charge in [0, 0.05) is 30.2 Å². The molecule has 3 N–H and O–H groups in total. The zero-order valence-electron chi connectivity index (χ0n) is 14.4. The fourth-order valence-corrected chi connectivity index (χ4v) is 3.38. The predicted molar refractivity (Wildman–Crippen MR) is 119 cm³/mol. The molecule has 0 spiro atoms. The van der Waals surface area contributed by atoms with Crippen molar-refractivity contribution in [1.29, 1.82) is 0 Å². The van der Waals surface area contributed by atoms with Crippen molar-refractivity contribution >= 4 is 52.2 Å². The molecule has 2 aromatic heterocycles. The monoisotopic (exact) mass is 468 g/mol. The van der Waals surface area contributed by atoms with Gasteiger partial charge in [0.1, 0.15) is 0 Å². The lowest BCUT2D eigenvalue weighted by Crippen LogP contribution is -2.37. The molecular weight excluding hydrogens is 443 g/mol. The van der Waals surface area contributed by atoms with E-state index in [9.17, 15) is 0 Å². The average Bonchev–Trinajstić information content (AvgIpc) is 3.26. The van der Waals surface area contributed by atoms with Crippen molar-refractivity contribution in [3.63, 3.8) is 0 Å². The summed E-state index contributed by atoms with van der Waals surface area (Å²) in [5, 5.41) is 12.3. The maximum absolute atomic E-state index is 4.64. The fraction of sp³-hybridized carbons (Fsp3) is 0.316. The predicted octanol–water partition coefficient (Wildman–Crippen LogP) is 4.54. The fourth-order valence-electron chi connectivity index (χ4n) is 2.72. The summed E-state index contributed by atoms with van der Waals surface area (Å²) in [7, 11) is 0. The van der Waals surface area contributed by atoms with Crippen molar-refractivity contribution < 1.29 is 0 Å². The normalized spacial score (nSPS) is 11.3. The first-order chi connectivity index (χ1) is 11.9. The lowest BCUT2D eigenvalue weighted by Gasteiger charge is -2.11. The quantitative estimate of drug-likeness (QED) is 0.207. The standard InChI is InChI=1S/C19H24N4S.HI/c1-2-20-19(23-12-15-9-11-24-14-15)21-10-5-6-16-13-22-18-8-4-3-7-17(16)18;/h3-4,7-9,11,13-14,22H,2,5-6,10,12H2,1H3,(H2,20,21,23);1H. The number of para-hydroxylation sites is 1. The van der Waals surface area contributed by atoms with Crippen LogP contribution in [0.5, 0.6) is 0 Å². The maximum atomic E-state index is 4.64. The number of guanidine groups is 1. The van der Waals surface area contributed by atoms with Crippen LogP contribution in [0.15, 0.2) is 52.3 Å². The van der Waals surface area contributed by atoms with Crippen LogP contribution >= 0.6 is 35.3 Å². The third-order valence-corrected chi connectivity index (χ3v) is 4.67. The lowest BCUT2D eigenvalue weighted by molar-refractivity contribution is 0.746. The number of hydrogen-bond acceptors (Lipinski definition) is 2. The lowest BCUT2D eigenvalue weighted by atomic mass is 10.1. The summed E-state index contributed by atoms with van der Waals surface area (Å²) in [6, 6.07) is 10.6. The van der Waals surface area contributed by atoms with Crippen molar-refractivity contribution in [1.82, 2.24) is 15.6 Å². The highest BCUT2D eigenvalue weighted by atomic mass is 127. The summed E-state index contributed by atoms with van der Waals surface area (Å²) >= 11 is 1.71. The molecule has 3 rings (SSSR count). The molecule has 0 unspecified atom stereocenters. The number of benzene rings is 1. The minimum Gasteiger partial charge on any atom is -0.361 e. The van der Waals surface area contributed by atoms with Crippen LogP contribution in [0.2, 0.25) is 0 Å². The van der Waals surface area contributed by atoms with Crippen molar-refractivity contribution in [2.45, 2.75) is 26.3 Å². The number of fused-ring (bicyclic) bond motifs is 1. The second-order valence-corrected chi connectivity index (χ2v) is 6.50. The second-order valence-electron chi connectivity index (χ2n) is 5.72. The molecule has 0 aliphatic rings. The van der Waals surface area contributed by atoms with Gasteiger partial charge >= 0.3 is 0 Å². The van der Waals surface area contributed by atoms with E-state index in [2.05, 4.69) is 74.8 Å². The molecule has 0 bridgehead atoms. The molecule has 4 nitrogen and oxygen atoms in total.